The third-order valence-electron chi connectivity index (χ3n) is 4.25. The van der Waals surface area contributed by atoms with Crippen LogP contribution in [0.4, 0.5) is 0 Å². The molecule has 2 unspecified atom stereocenters. The van der Waals surface area contributed by atoms with E-state index in [1.807, 2.05) is 36.1 Å². The van der Waals surface area contributed by atoms with Crippen LogP contribution < -0.4 is 0 Å². The first-order valence-corrected chi connectivity index (χ1v) is 8.05. The number of benzene rings is 1. The Morgan fingerprint density at radius 3 is 2.59 bits per heavy atom. The Kier molecular flexibility index (Phi) is 5.72. The second-order valence-electron chi connectivity index (χ2n) is 6.26. The summed E-state index contributed by atoms with van der Waals surface area (Å²) >= 11 is 0. The van der Waals surface area contributed by atoms with Crippen LogP contribution in [0.5, 0.6) is 0 Å². The Morgan fingerprint density at radius 2 is 1.95 bits per heavy atom. The van der Waals surface area contributed by atoms with Gasteiger partial charge in [-0.05, 0) is 33.1 Å². The van der Waals surface area contributed by atoms with E-state index in [0.717, 1.165) is 24.9 Å². The van der Waals surface area contributed by atoms with Gasteiger partial charge in [0, 0.05) is 31.0 Å². The standard InChI is InChI=1S/C18H25NO3/c1-13-5-7-15(8-6-13)17(21)9-10-18(22)19-11-3-4-16(19)12-14(2)20/h5-8,14,16,20H,3-4,9-12H2,1-2H3. The first-order chi connectivity index (χ1) is 10.5. The number of Topliss-reactive ketones (excluding diaryl/α,β-unsaturated/α-hetero) is 1. The lowest BCUT2D eigenvalue weighted by Crippen LogP contribution is -2.37. The van der Waals surface area contributed by atoms with Crippen LogP contribution in [0, 0.1) is 6.92 Å². The van der Waals surface area contributed by atoms with Gasteiger partial charge in [-0.1, -0.05) is 29.8 Å². The average molecular weight is 303 g/mol. The Morgan fingerprint density at radius 1 is 1.27 bits per heavy atom. The molecular formula is C18H25NO3. The monoisotopic (exact) mass is 303 g/mol. The Bertz CT molecular complexity index is 522. The fourth-order valence-electron chi connectivity index (χ4n) is 3.05. The molecule has 22 heavy (non-hydrogen) atoms. The van der Waals surface area contributed by atoms with E-state index in [1.54, 1.807) is 6.92 Å². The summed E-state index contributed by atoms with van der Waals surface area (Å²) in [5.41, 5.74) is 1.78. The van der Waals surface area contributed by atoms with Crippen molar-refractivity contribution < 1.29 is 14.7 Å². The van der Waals surface area contributed by atoms with Crippen molar-refractivity contribution in [3.8, 4) is 0 Å². The van der Waals surface area contributed by atoms with Crippen LogP contribution in [0.2, 0.25) is 0 Å². The molecule has 0 aromatic heterocycles. The number of likely N-dealkylation sites (tertiary alicyclic amines) is 1. The zero-order valence-electron chi connectivity index (χ0n) is 13.4. The van der Waals surface area contributed by atoms with E-state index in [-0.39, 0.29) is 30.6 Å². The normalized spacial score (nSPS) is 19.2. The third-order valence-corrected chi connectivity index (χ3v) is 4.25. The van der Waals surface area contributed by atoms with Crippen molar-refractivity contribution in [2.24, 2.45) is 0 Å². The molecule has 120 valence electrons. The molecule has 0 bridgehead atoms. The van der Waals surface area contributed by atoms with E-state index in [4.69, 9.17) is 0 Å². The minimum absolute atomic E-state index is 0.0135. The van der Waals surface area contributed by atoms with Crippen LogP contribution in [-0.4, -0.2) is 40.4 Å². The van der Waals surface area contributed by atoms with E-state index in [2.05, 4.69) is 0 Å². The molecule has 1 heterocycles. The lowest BCUT2D eigenvalue weighted by Gasteiger charge is -2.25. The molecule has 1 aromatic rings. The van der Waals surface area contributed by atoms with Crippen molar-refractivity contribution in [3.05, 3.63) is 35.4 Å². The molecule has 1 amide bonds. The van der Waals surface area contributed by atoms with Gasteiger partial charge in [-0.25, -0.2) is 0 Å². The lowest BCUT2D eigenvalue weighted by molar-refractivity contribution is -0.132. The second-order valence-corrected chi connectivity index (χ2v) is 6.26. The maximum Gasteiger partial charge on any atom is 0.223 e. The summed E-state index contributed by atoms with van der Waals surface area (Å²) in [6.07, 6.45) is 2.66. The quantitative estimate of drug-likeness (QED) is 0.822. The average Bonchev–Trinajstić information content (AvgIpc) is 2.92. The number of hydrogen-bond acceptors (Lipinski definition) is 3. The van der Waals surface area contributed by atoms with Gasteiger partial charge in [-0.2, -0.15) is 0 Å². The molecule has 0 saturated carbocycles. The predicted octanol–water partition coefficient (Wildman–Crippen LogP) is 2.72. The van der Waals surface area contributed by atoms with Gasteiger partial charge in [0.05, 0.1) is 6.10 Å². The molecule has 0 spiro atoms. The number of aliphatic hydroxyl groups is 1. The number of nitrogens with zero attached hydrogens (tertiary/aromatic N) is 1. The van der Waals surface area contributed by atoms with Crippen LogP contribution in [0.1, 0.15) is 54.9 Å². The van der Waals surface area contributed by atoms with Gasteiger partial charge in [0.25, 0.3) is 0 Å². The van der Waals surface area contributed by atoms with Crippen molar-refractivity contribution >= 4 is 11.7 Å². The van der Waals surface area contributed by atoms with Gasteiger partial charge in [0.2, 0.25) is 5.91 Å². The first kappa shape index (κ1) is 16.7. The van der Waals surface area contributed by atoms with Crippen LogP contribution in [0.25, 0.3) is 0 Å². The molecule has 2 rings (SSSR count). The molecule has 0 aliphatic carbocycles. The highest BCUT2D eigenvalue weighted by Gasteiger charge is 2.29. The molecule has 0 radical (unpaired) electrons. The van der Waals surface area contributed by atoms with Gasteiger partial charge >= 0.3 is 0 Å². The fourth-order valence-corrected chi connectivity index (χ4v) is 3.05. The number of ketones is 1. The van der Waals surface area contributed by atoms with Crippen molar-refractivity contribution in [2.75, 3.05) is 6.54 Å². The van der Waals surface area contributed by atoms with Crippen molar-refractivity contribution in [2.45, 2.75) is 58.1 Å². The topological polar surface area (TPSA) is 57.6 Å². The van der Waals surface area contributed by atoms with Gasteiger partial charge in [-0.3, -0.25) is 9.59 Å². The number of hydrogen-bond donors (Lipinski definition) is 1. The number of rotatable bonds is 6. The van der Waals surface area contributed by atoms with Crippen LogP contribution in [0.15, 0.2) is 24.3 Å². The smallest absolute Gasteiger partial charge is 0.223 e. The molecule has 1 N–H and O–H groups in total. The predicted molar refractivity (Wildman–Crippen MR) is 85.8 cm³/mol. The first-order valence-electron chi connectivity index (χ1n) is 8.05. The molecule has 1 saturated heterocycles. The summed E-state index contributed by atoms with van der Waals surface area (Å²) in [4.78, 5) is 26.3. The fraction of sp³-hybridized carbons (Fsp3) is 0.556. The van der Waals surface area contributed by atoms with Crippen LogP contribution in [-0.2, 0) is 4.79 Å². The maximum atomic E-state index is 12.3. The molecule has 4 heteroatoms. The van der Waals surface area contributed by atoms with E-state index >= 15 is 0 Å². The number of aliphatic hydroxyl groups excluding tert-OH is 1. The Balaban J connectivity index is 1.86. The Labute approximate surface area is 132 Å². The molecule has 1 fully saturated rings. The molecule has 2 atom stereocenters. The van der Waals surface area contributed by atoms with Crippen molar-refractivity contribution in [1.82, 2.24) is 4.90 Å². The largest absolute Gasteiger partial charge is 0.393 e. The van der Waals surface area contributed by atoms with Crippen molar-refractivity contribution in [1.29, 1.82) is 0 Å². The molecule has 1 aromatic carbocycles. The van der Waals surface area contributed by atoms with Gasteiger partial charge in [0.15, 0.2) is 5.78 Å². The van der Waals surface area contributed by atoms with E-state index < -0.39 is 6.10 Å². The highest BCUT2D eigenvalue weighted by Crippen LogP contribution is 2.23. The van der Waals surface area contributed by atoms with E-state index in [1.165, 1.54) is 0 Å². The summed E-state index contributed by atoms with van der Waals surface area (Å²) in [7, 11) is 0. The summed E-state index contributed by atoms with van der Waals surface area (Å²) in [6.45, 7) is 4.48. The summed E-state index contributed by atoms with van der Waals surface area (Å²) in [5.74, 6) is 0.0447. The number of aryl methyl sites for hydroxylation is 1. The van der Waals surface area contributed by atoms with Gasteiger partial charge in [0.1, 0.15) is 0 Å². The number of amides is 1. The molecule has 4 nitrogen and oxygen atoms in total. The number of carbonyl (C=O) groups excluding carboxylic acids is 2. The second kappa shape index (κ2) is 7.54. The van der Waals surface area contributed by atoms with Crippen molar-refractivity contribution in [3.63, 3.8) is 0 Å². The minimum Gasteiger partial charge on any atom is -0.393 e. The molecule has 1 aliphatic rings. The lowest BCUT2D eigenvalue weighted by atomic mass is 10.0. The zero-order valence-corrected chi connectivity index (χ0v) is 13.4. The third kappa shape index (κ3) is 4.41. The molecule has 1 aliphatic heterocycles. The highest BCUT2D eigenvalue weighted by atomic mass is 16.3. The summed E-state index contributed by atoms with van der Waals surface area (Å²) < 4.78 is 0. The van der Waals surface area contributed by atoms with Gasteiger partial charge < -0.3 is 10.0 Å². The van der Waals surface area contributed by atoms with Crippen LogP contribution in [0.3, 0.4) is 0 Å². The zero-order chi connectivity index (χ0) is 16.1. The van der Waals surface area contributed by atoms with E-state index in [9.17, 15) is 14.7 Å². The molecular weight excluding hydrogens is 278 g/mol. The van der Waals surface area contributed by atoms with E-state index in [0.29, 0.717) is 12.0 Å². The SMILES string of the molecule is Cc1ccc(C(=O)CCC(=O)N2CCCC2CC(C)O)cc1. The van der Waals surface area contributed by atoms with Crippen LogP contribution >= 0.6 is 0 Å². The highest BCUT2D eigenvalue weighted by molar-refractivity contribution is 5.98. The summed E-state index contributed by atoms with van der Waals surface area (Å²) in [6, 6.07) is 7.58. The number of carbonyl (C=O) groups is 2. The van der Waals surface area contributed by atoms with Gasteiger partial charge in [-0.15, -0.1) is 0 Å². The Hall–Kier alpha value is -1.68. The summed E-state index contributed by atoms with van der Waals surface area (Å²) in [5, 5.41) is 9.51. The minimum atomic E-state index is -0.396. The maximum absolute atomic E-state index is 12.3.